The largest absolute Gasteiger partial charge is 0.497 e. The maximum atomic E-state index is 13.7. The van der Waals surface area contributed by atoms with E-state index in [2.05, 4.69) is 16.0 Å². The summed E-state index contributed by atoms with van der Waals surface area (Å²) >= 11 is 0. The first-order valence-electron chi connectivity index (χ1n) is 13.8. The Balaban J connectivity index is 1.53. The van der Waals surface area contributed by atoms with E-state index >= 15 is 0 Å². The fourth-order valence-corrected chi connectivity index (χ4v) is 4.59. The molecule has 0 spiro atoms. The van der Waals surface area contributed by atoms with Gasteiger partial charge in [0, 0.05) is 36.6 Å². The molecule has 43 heavy (non-hydrogen) atoms. The topological polar surface area (TPSA) is 132 Å². The van der Waals surface area contributed by atoms with Gasteiger partial charge in [-0.25, -0.2) is 14.0 Å². The van der Waals surface area contributed by atoms with Gasteiger partial charge in [-0.3, -0.25) is 4.79 Å². The van der Waals surface area contributed by atoms with Gasteiger partial charge >= 0.3 is 12.1 Å². The number of fused-ring (bicyclic) bond motifs is 1. The minimum atomic E-state index is -0.581. The number of aliphatic hydroxyl groups is 1. The molecule has 5 amide bonds. The monoisotopic (exact) mass is 593 g/mol. The van der Waals surface area contributed by atoms with Gasteiger partial charge in [-0.1, -0.05) is 6.92 Å². The Morgan fingerprint density at radius 1 is 1.05 bits per heavy atom. The van der Waals surface area contributed by atoms with Gasteiger partial charge in [-0.05, 0) is 73.7 Å². The van der Waals surface area contributed by atoms with Crippen molar-refractivity contribution in [2.45, 2.75) is 26.0 Å². The van der Waals surface area contributed by atoms with Crippen molar-refractivity contribution in [3.05, 3.63) is 78.1 Å². The minimum absolute atomic E-state index is 0.196. The van der Waals surface area contributed by atoms with Gasteiger partial charge in [0.25, 0.3) is 5.91 Å². The van der Waals surface area contributed by atoms with Crippen LogP contribution < -0.4 is 25.4 Å². The first-order valence-corrected chi connectivity index (χ1v) is 13.8. The second-order valence-corrected chi connectivity index (χ2v) is 10.5. The summed E-state index contributed by atoms with van der Waals surface area (Å²) in [6, 6.07) is 15.6. The third-order valence-electron chi connectivity index (χ3n) is 7.17. The predicted octanol–water partition coefficient (Wildman–Crippen LogP) is 4.86. The molecule has 4 N–H and O–H groups in total. The number of carbonyl (C=O) groups is 3. The second kappa shape index (κ2) is 13.9. The molecule has 228 valence electrons. The first-order chi connectivity index (χ1) is 20.6. The van der Waals surface area contributed by atoms with Gasteiger partial charge in [-0.15, -0.1) is 0 Å². The maximum Gasteiger partial charge on any atom is 0.323 e. The molecule has 0 fully saturated rings. The molecule has 1 aliphatic heterocycles. The highest BCUT2D eigenvalue weighted by atomic mass is 19.1. The summed E-state index contributed by atoms with van der Waals surface area (Å²) in [5.74, 6) is -0.0452. The van der Waals surface area contributed by atoms with Crippen LogP contribution in [-0.4, -0.2) is 78.9 Å². The number of nitrogens with zero attached hydrogens (tertiary/aromatic N) is 2. The number of ether oxygens (including phenoxy) is 2. The van der Waals surface area contributed by atoms with Gasteiger partial charge in [0.2, 0.25) is 0 Å². The molecule has 3 aromatic carbocycles. The zero-order chi connectivity index (χ0) is 31.1. The smallest absolute Gasteiger partial charge is 0.323 e. The number of halogens is 1. The summed E-state index contributed by atoms with van der Waals surface area (Å²) in [4.78, 5) is 42.3. The van der Waals surface area contributed by atoms with Crippen molar-refractivity contribution in [3.8, 4) is 11.5 Å². The lowest BCUT2D eigenvalue weighted by atomic mass is 9.99. The van der Waals surface area contributed by atoms with E-state index in [1.165, 1.54) is 35.2 Å². The van der Waals surface area contributed by atoms with Crippen molar-refractivity contribution in [1.82, 2.24) is 9.80 Å². The molecule has 3 atom stereocenters. The van der Waals surface area contributed by atoms with Crippen molar-refractivity contribution < 1.29 is 33.4 Å². The number of likely N-dealkylation sites (N-methyl/N-ethyl adjacent to an activating group) is 1. The van der Waals surface area contributed by atoms with E-state index in [1.54, 1.807) is 62.4 Å². The van der Waals surface area contributed by atoms with Gasteiger partial charge in [0.1, 0.15) is 23.4 Å². The van der Waals surface area contributed by atoms with Crippen molar-refractivity contribution in [2.24, 2.45) is 5.92 Å². The highest BCUT2D eigenvalue weighted by Crippen LogP contribution is 2.31. The summed E-state index contributed by atoms with van der Waals surface area (Å²) < 4.78 is 24.7. The SMILES string of the molecule is COc1ccc(NC(=O)N(C)C[C@@H]2Oc3ccc(NC(=O)Nc4ccc(F)cc4)cc3C(=O)N([C@@H](C)CO)C[C@H]2C)cc1. The van der Waals surface area contributed by atoms with Crippen molar-refractivity contribution >= 4 is 35.0 Å². The summed E-state index contributed by atoms with van der Waals surface area (Å²) in [5.41, 5.74) is 1.52. The van der Waals surface area contributed by atoms with E-state index in [-0.39, 0.29) is 48.9 Å². The normalized spacial score (nSPS) is 17.0. The lowest BCUT2D eigenvalue weighted by Gasteiger charge is -2.38. The van der Waals surface area contributed by atoms with E-state index < -0.39 is 24.0 Å². The number of aliphatic hydroxyl groups excluding tert-OH is 1. The second-order valence-electron chi connectivity index (χ2n) is 10.5. The van der Waals surface area contributed by atoms with Crippen LogP contribution in [0.5, 0.6) is 11.5 Å². The lowest BCUT2D eigenvalue weighted by molar-refractivity contribution is 0.0371. The fourth-order valence-electron chi connectivity index (χ4n) is 4.59. The number of carbonyl (C=O) groups excluding carboxylic acids is 3. The molecule has 0 radical (unpaired) electrons. The number of amides is 5. The number of benzene rings is 3. The number of hydrogen-bond acceptors (Lipinski definition) is 6. The molecule has 3 aromatic rings. The molecule has 1 aliphatic rings. The standard InChI is InChI=1S/C31H36FN5O6/c1-19-16-37(20(2)18-38)29(39)26-15-24(34-30(40)33-22-7-5-21(32)6-8-22)11-14-27(26)43-28(19)17-36(3)31(41)35-23-9-12-25(42-4)13-10-23/h5-15,19-20,28,38H,16-18H2,1-4H3,(H,35,41)(H2,33,34,40)/t19-,20+,28+/m1/s1. The molecule has 0 saturated carbocycles. The van der Waals surface area contributed by atoms with Crippen molar-refractivity contribution in [3.63, 3.8) is 0 Å². The van der Waals surface area contributed by atoms with Gasteiger partial charge in [-0.2, -0.15) is 0 Å². The first kappa shape index (κ1) is 31.1. The van der Waals surface area contributed by atoms with Crippen LogP contribution in [-0.2, 0) is 0 Å². The van der Waals surface area contributed by atoms with Crippen LogP contribution in [0.15, 0.2) is 66.7 Å². The molecule has 0 saturated heterocycles. The molecule has 0 bridgehead atoms. The van der Waals surface area contributed by atoms with Crippen molar-refractivity contribution in [1.29, 1.82) is 0 Å². The summed E-state index contributed by atoms with van der Waals surface area (Å²) in [5, 5.41) is 18.0. The summed E-state index contributed by atoms with van der Waals surface area (Å²) in [6.07, 6.45) is -0.507. The third-order valence-corrected chi connectivity index (χ3v) is 7.17. The molecule has 12 heteroatoms. The maximum absolute atomic E-state index is 13.7. The van der Waals surface area contributed by atoms with Crippen LogP contribution in [0.2, 0.25) is 0 Å². The number of nitrogens with one attached hydrogen (secondary N) is 3. The number of anilines is 3. The molecule has 11 nitrogen and oxygen atoms in total. The fraction of sp³-hybridized carbons (Fsp3) is 0.323. The van der Waals surface area contributed by atoms with Gasteiger partial charge < -0.3 is 40.3 Å². The zero-order valence-corrected chi connectivity index (χ0v) is 24.5. The molecular formula is C31H36FN5O6. The Kier molecular flexibility index (Phi) is 10.0. The van der Waals surface area contributed by atoms with Crippen molar-refractivity contribution in [2.75, 3.05) is 49.8 Å². The Morgan fingerprint density at radius 3 is 2.30 bits per heavy atom. The van der Waals surface area contributed by atoms with Crippen LogP contribution >= 0.6 is 0 Å². The summed E-state index contributed by atoms with van der Waals surface area (Å²) in [7, 11) is 3.22. The van der Waals surface area contributed by atoms with Crippen LogP contribution in [0, 0.1) is 11.7 Å². The zero-order valence-electron chi connectivity index (χ0n) is 24.5. The van der Waals surface area contributed by atoms with E-state index in [9.17, 15) is 23.9 Å². The predicted molar refractivity (Wildman–Crippen MR) is 161 cm³/mol. The van der Waals surface area contributed by atoms with Crippen LogP contribution in [0.1, 0.15) is 24.2 Å². The minimum Gasteiger partial charge on any atom is -0.497 e. The third kappa shape index (κ3) is 7.92. The molecule has 0 unspecified atom stereocenters. The summed E-state index contributed by atoms with van der Waals surface area (Å²) in [6.45, 7) is 3.89. The van der Waals surface area contributed by atoms with E-state index in [0.29, 0.717) is 22.8 Å². The van der Waals surface area contributed by atoms with E-state index in [4.69, 9.17) is 9.47 Å². The molecule has 0 aromatic heterocycles. The molecular weight excluding hydrogens is 557 g/mol. The van der Waals surface area contributed by atoms with E-state index in [1.807, 2.05) is 6.92 Å². The van der Waals surface area contributed by atoms with Crippen LogP contribution in [0.4, 0.5) is 31.0 Å². The molecule has 4 rings (SSSR count). The quantitative estimate of drug-likeness (QED) is 0.295. The van der Waals surface area contributed by atoms with Crippen LogP contribution in [0.25, 0.3) is 0 Å². The Hall–Kier alpha value is -4.84. The molecule has 0 aliphatic carbocycles. The van der Waals surface area contributed by atoms with E-state index in [0.717, 1.165) is 0 Å². The lowest BCUT2D eigenvalue weighted by Crippen LogP contribution is -2.50. The highest BCUT2D eigenvalue weighted by Gasteiger charge is 2.34. The average Bonchev–Trinajstić information content (AvgIpc) is 3.00. The number of rotatable bonds is 8. The Labute approximate surface area is 249 Å². The van der Waals surface area contributed by atoms with Crippen LogP contribution in [0.3, 0.4) is 0 Å². The Morgan fingerprint density at radius 2 is 1.65 bits per heavy atom. The average molecular weight is 594 g/mol. The molecule has 1 heterocycles. The van der Waals surface area contributed by atoms with Gasteiger partial charge in [0.15, 0.2) is 0 Å². The number of hydrogen-bond donors (Lipinski definition) is 4. The Bertz CT molecular complexity index is 1440. The number of methoxy groups -OCH3 is 1. The number of urea groups is 2. The highest BCUT2D eigenvalue weighted by molar-refractivity contribution is 6.02. The van der Waals surface area contributed by atoms with Gasteiger partial charge in [0.05, 0.1) is 31.9 Å².